The molecule has 2 aromatic carbocycles. The highest BCUT2D eigenvalue weighted by atomic mass is 16.5. The molecule has 2 heterocycles. The number of ether oxygens (including phenoxy) is 2. The van der Waals surface area contributed by atoms with Gasteiger partial charge in [0.05, 0.1) is 23.8 Å². The summed E-state index contributed by atoms with van der Waals surface area (Å²) in [4.78, 5) is 39.0. The lowest BCUT2D eigenvalue weighted by atomic mass is 10.1. The van der Waals surface area contributed by atoms with Crippen molar-refractivity contribution in [3.05, 3.63) is 58.1 Å². The first kappa shape index (κ1) is 21.1. The lowest BCUT2D eigenvalue weighted by Gasteiger charge is -2.17. The lowest BCUT2D eigenvalue weighted by Crippen LogP contribution is -2.36. The molecule has 2 aliphatic heterocycles. The maximum absolute atomic E-state index is 12.8. The molecule has 31 heavy (non-hydrogen) atoms. The fourth-order valence-electron chi connectivity index (χ4n) is 3.96. The number of carbonyl (C=O) groups is 3. The van der Waals surface area contributed by atoms with Crippen LogP contribution >= 0.6 is 0 Å². The second-order valence-electron chi connectivity index (χ2n) is 8.16. The van der Waals surface area contributed by atoms with Gasteiger partial charge in [0.25, 0.3) is 17.7 Å². The summed E-state index contributed by atoms with van der Waals surface area (Å²) in [6.07, 6.45) is 1.68. The summed E-state index contributed by atoms with van der Waals surface area (Å²) in [5.74, 6) is -0.348. The van der Waals surface area contributed by atoms with Gasteiger partial charge in [-0.05, 0) is 74.6 Å². The van der Waals surface area contributed by atoms with Crippen LogP contribution in [-0.4, -0.2) is 48.5 Å². The Kier molecular flexibility index (Phi) is 5.78. The Morgan fingerprint density at radius 2 is 1.81 bits per heavy atom. The van der Waals surface area contributed by atoms with E-state index in [0.29, 0.717) is 29.2 Å². The first-order valence-corrected chi connectivity index (χ1v) is 10.5. The molecule has 0 saturated carbocycles. The number of amides is 3. The van der Waals surface area contributed by atoms with E-state index in [0.717, 1.165) is 24.0 Å². The van der Waals surface area contributed by atoms with Gasteiger partial charge in [-0.15, -0.1) is 0 Å². The van der Waals surface area contributed by atoms with E-state index < -0.39 is 0 Å². The van der Waals surface area contributed by atoms with E-state index in [9.17, 15) is 14.4 Å². The molecule has 0 spiro atoms. The molecular weight excluding hydrogens is 396 g/mol. The van der Waals surface area contributed by atoms with Crippen molar-refractivity contribution in [3.63, 3.8) is 0 Å². The fraction of sp³-hybridized carbons (Fsp3) is 0.375. The van der Waals surface area contributed by atoms with Gasteiger partial charge in [0.2, 0.25) is 0 Å². The van der Waals surface area contributed by atoms with Crippen molar-refractivity contribution in [1.82, 2.24) is 4.90 Å². The third-order valence-electron chi connectivity index (χ3n) is 5.81. The maximum Gasteiger partial charge on any atom is 0.262 e. The Labute approximate surface area is 181 Å². The summed E-state index contributed by atoms with van der Waals surface area (Å²) in [6, 6.07) is 8.69. The van der Waals surface area contributed by atoms with Crippen molar-refractivity contribution in [2.45, 2.75) is 39.7 Å². The number of hydrogen-bond donors (Lipinski definition) is 1. The summed E-state index contributed by atoms with van der Waals surface area (Å²) in [7, 11) is 0. The molecule has 1 unspecified atom stereocenters. The molecule has 162 valence electrons. The van der Waals surface area contributed by atoms with Crippen LogP contribution < -0.4 is 10.1 Å². The van der Waals surface area contributed by atoms with E-state index in [1.807, 2.05) is 32.9 Å². The zero-order chi connectivity index (χ0) is 22.1. The highest BCUT2D eigenvalue weighted by molar-refractivity contribution is 6.21. The SMILES string of the molecule is Cc1cc(C)c(OCC(=O)Nc2ccc3c(c2)C(=O)N(CC2CCCO2)C3=O)cc1C. The van der Waals surface area contributed by atoms with Crippen LogP contribution in [0.1, 0.15) is 50.2 Å². The molecule has 0 aliphatic carbocycles. The monoisotopic (exact) mass is 422 g/mol. The number of benzene rings is 2. The standard InChI is InChI=1S/C24H26N2O5/c1-14-9-16(3)21(10-15(14)2)31-13-22(27)25-17-6-7-19-20(11-17)24(29)26(23(19)28)12-18-5-4-8-30-18/h6-7,9-11,18H,4-5,8,12-13H2,1-3H3,(H,25,27). The van der Waals surface area contributed by atoms with Crippen LogP contribution in [0.15, 0.2) is 30.3 Å². The molecule has 1 saturated heterocycles. The number of fused-ring (bicyclic) bond motifs is 1. The van der Waals surface area contributed by atoms with Gasteiger partial charge in [-0.1, -0.05) is 6.07 Å². The van der Waals surface area contributed by atoms with Crippen LogP contribution in [0.5, 0.6) is 5.75 Å². The van der Waals surface area contributed by atoms with Crippen LogP contribution in [0.4, 0.5) is 5.69 Å². The van der Waals surface area contributed by atoms with Gasteiger partial charge in [-0.25, -0.2) is 0 Å². The van der Waals surface area contributed by atoms with E-state index in [1.54, 1.807) is 18.2 Å². The smallest absolute Gasteiger partial charge is 0.262 e. The molecule has 7 heteroatoms. The highest BCUT2D eigenvalue weighted by Gasteiger charge is 2.37. The Bertz CT molecular complexity index is 1060. The number of carbonyl (C=O) groups excluding carboxylic acids is 3. The summed E-state index contributed by atoms with van der Waals surface area (Å²) in [6.45, 7) is 6.72. The molecule has 1 N–H and O–H groups in total. The van der Waals surface area contributed by atoms with Gasteiger partial charge in [0.1, 0.15) is 5.75 Å². The second kappa shape index (κ2) is 8.51. The van der Waals surface area contributed by atoms with Gasteiger partial charge < -0.3 is 14.8 Å². The molecule has 4 rings (SSSR count). The Morgan fingerprint density at radius 3 is 2.55 bits per heavy atom. The van der Waals surface area contributed by atoms with Crippen molar-refractivity contribution < 1.29 is 23.9 Å². The van der Waals surface area contributed by atoms with Crippen molar-refractivity contribution in [3.8, 4) is 5.75 Å². The predicted molar refractivity (Wildman–Crippen MR) is 116 cm³/mol. The first-order chi connectivity index (χ1) is 14.8. The Balaban J connectivity index is 1.40. The molecular formula is C24H26N2O5. The summed E-state index contributed by atoms with van der Waals surface area (Å²) < 4.78 is 11.2. The van der Waals surface area contributed by atoms with Gasteiger partial charge >= 0.3 is 0 Å². The van der Waals surface area contributed by atoms with Gasteiger partial charge in [0, 0.05) is 12.3 Å². The normalized spacial score (nSPS) is 17.8. The zero-order valence-corrected chi connectivity index (χ0v) is 18.0. The second-order valence-corrected chi connectivity index (χ2v) is 8.16. The van der Waals surface area contributed by atoms with E-state index in [1.165, 1.54) is 10.5 Å². The van der Waals surface area contributed by atoms with E-state index >= 15 is 0 Å². The van der Waals surface area contributed by atoms with Crippen LogP contribution in [0, 0.1) is 20.8 Å². The average molecular weight is 422 g/mol. The van der Waals surface area contributed by atoms with Crippen molar-refractivity contribution in [2.75, 3.05) is 25.1 Å². The number of imide groups is 1. The van der Waals surface area contributed by atoms with Gasteiger partial charge in [0.15, 0.2) is 6.61 Å². The Morgan fingerprint density at radius 1 is 1.06 bits per heavy atom. The Hall–Kier alpha value is -3.19. The summed E-state index contributed by atoms with van der Waals surface area (Å²) in [5.41, 5.74) is 4.32. The van der Waals surface area contributed by atoms with Crippen LogP contribution in [0.3, 0.4) is 0 Å². The quantitative estimate of drug-likeness (QED) is 0.721. The van der Waals surface area contributed by atoms with Crippen LogP contribution in [-0.2, 0) is 9.53 Å². The lowest BCUT2D eigenvalue weighted by molar-refractivity contribution is -0.118. The average Bonchev–Trinajstić information content (AvgIpc) is 3.33. The minimum absolute atomic E-state index is 0.104. The van der Waals surface area contributed by atoms with Gasteiger partial charge in [-0.3, -0.25) is 19.3 Å². The highest BCUT2D eigenvalue weighted by Crippen LogP contribution is 2.28. The number of nitrogens with zero attached hydrogens (tertiary/aromatic N) is 1. The molecule has 3 amide bonds. The van der Waals surface area contributed by atoms with E-state index in [-0.39, 0.29) is 37.0 Å². The largest absolute Gasteiger partial charge is 0.483 e. The van der Waals surface area contributed by atoms with Crippen molar-refractivity contribution in [2.24, 2.45) is 0 Å². The molecule has 7 nitrogen and oxygen atoms in total. The summed E-state index contributed by atoms with van der Waals surface area (Å²) in [5, 5.41) is 2.74. The van der Waals surface area contributed by atoms with Crippen LogP contribution in [0.25, 0.3) is 0 Å². The van der Waals surface area contributed by atoms with Crippen LogP contribution in [0.2, 0.25) is 0 Å². The van der Waals surface area contributed by atoms with Crippen molar-refractivity contribution >= 4 is 23.4 Å². The number of aryl methyl sites for hydroxylation is 3. The molecule has 1 fully saturated rings. The number of nitrogens with one attached hydrogen (secondary N) is 1. The minimum Gasteiger partial charge on any atom is -0.483 e. The van der Waals surface area contributed by atoms with E-state index in [2.05, 4.69) is 5.32 Å². The topological polar surface area (TPSA) is 84.9 Å². The van der Waals surface area contributed by atoms with Crippen molar-refractivity contribution in [1.29, 1.82) is 0 Å². The first-order valence-electron chi connectivity index (χ1n) is 10.5. The zero-order valence-electron chi connectivity index (χ0n) is 18.0. The third-order valence-corrected chi connectivity index (χ3v) is 5.81. The van der Waals surface area contributed by atoms with Gasteiger partial charge in [-0.2, -0.15) is 0 Å². The molecule has 0 aromatic heterocycles. The predicted octanol–water partition coefficient (Wildman–Crippen LogP) is 3.40. The minimum atomic E-state index is -0.353. The number of rotatable bonds is 6. The molecule has 0 radical (unpaired) electrons. The number of anilines is 1. The summed E-state index contributed by atoms with van der Waals surface area (Å²) >= 11 is 0. The fourth-order valence-corrected chi connectivity index (χ4v) is 3.96. The number of hydrogen-bond acceptors (Lipinski definition) is 5. The molecule has 0 bridgehead atoms. The molecule has 2 aromatic rings. The van der Waals surface area contributed by atoms with E-state index in [4.69, 9.17) is 9.47 Å². The molecule has 1 atom stereocenters. The maximum atomic E-state index is 12.8. The third kappa shape index (κ3) is 4.32. The molecule has 2 aliphatic rings.